The van der Waals surface area contributed by atoms with Gasteiger partial charge in [-0.2, -0.15) is 4.98 Å². The smallest absolute Gasteiger partial charge is 0.329 e. The molecule has 2 heterocycles. The van der Waals surface area contributed by atoms with Gasteiger partial charge in [0.1, 0.15) is 6.20 Å². The van der Waals surface area contributed by atoms with Crippen molar-refractivity contribution in [3.05, 3.63) is 16.3 Å². The van der Waals surface area contributed by atoms with Gasteiger partial charge in [-0.05, 0) is 12.8 Å². The molecule has 1 aromatic heterocycles. The molecule has 1 fully saturated rings. The Morgan fingerprint density at radius 2 is 2.45 bits per heavy atom. The summed E-state index contributed by atoms with van der Waals surface area (Å²) in [6, 6.07) is 0. The van der Waals surface area contributed by atoms with Crippen LogP contribution in [-0.2, 0) is 4.74 Å². The van der Waals surface area contributed by atoms with Crippen molar-refractivity contribution in [3.63, 3.8) is 0 Å². The van der Waals surface area contributed by atoms with E-state index in [0.29, 0.717) is 24.9 Å². The molecule has 1 aliphatic rings. The van der Waals surface area contributed by atoms with Crippen LogP contribution in [-0.4, -0.2) is 47.7 Å². The van der Waals surface area contributed by atoms with E-state index in [2.05, 4.69) is 15.3 Å². The Bertz CT molecular complexity index is 482. The third-order valence-corrected chi connectivity index (χ3v) is 3.26. The third-order valence-electron chi connectivity index (χ3n) is 3.26. The molecule has 0 bridgehead atoms. The van der Waals surface area contributed by atoms with Gasteiger partial charge in [0.15, 0.2) is 0 Å². The summed E-state index contributed by atoms with van der Waals surface area (Å²) in [5, 5.41) is 14.1. The molecule has 0 spiro atoms. The fourth-order valence-electron chi connectivity index (χ4n) is 2.16. The lowest BCUT2D eigenvalue weighted by Gasteiger charge is -2.17. The van der Waals surface area contributed by atoms with E-state index in [1.54, 1.807) is 7.11 Å². The number of nitrogens with one attached hydrogen (secondary N) is 1. The van der Waals surface area contributed by atoms with Crippen molar-refractivity contribution in [2.75, 3.05) is 37.0 Å². The van der Waals surface area contributed by atoms with Crippen LogP contribution < -0.4 is 10.2 Å². The van der Waals surface area contributed by atoms with Gasteiger partial charge in [0.25, 0.3) is 0 Å². The predicted octanol–water partition coefficient (Wildman–Crippen LogP) is 1.43. The lowest BCUT2D eigenvalue weighted by Crippen LogP contribution is -2.24. The van der Waals surface area contributed by atoms with E-state index in [9.17, 15) is 10.1 Å². The monoisotopic (exact) mass is 281 g/mol. The Morgan fingerprint density at radius 3 is 3.05 bits per heavy atom. The molecule has 8 nitrogen and oxygen atoms in total. The van der Waals surface area contributed by atoms with E-state index < -0.39 is 4.92 Å². The van der Waals surface area contributed by atoms with E-state index in [4.69, 9.17) is 4.74 Å². The van der Waals surface area contributed by atoms with Crippen molar-refractivity contribution < 1.29 is 9.66 Å². The molecule has 1 aliphatic heterocycles. The lowest BCUT2D eigenvalue weighted by molar-refractivity contribution is -0.384. The molecule has 20 heavy (non-hydrogen) atoms. The number of methoxy groups -OCH3 is 1. The van der Waals surface area contributed by atoms with E-state index in [1.807, 2.05) is 11.8 Å². The maximum absolute atomic E-state index is 11.1. The van der Waals surface area contributed by atoms with Crippen molar-refractivity contribution in [1.29, 1.82) is 0 Å². The summed E-state index contributed by atoms with van der Waals surface area (Å²) < 4.78 is 5.29. The van der Waals surface area contributed by atoms with Gasteiger partial charge >= 0.3 is 5.69 Å². The van der Waals surface area contributed by atoms with Gasteiger partial charge in [-0.3, -0.25) is 10.1 Å². The summed E-state index contributed by atoms with van der Waals surface area (Å²) >= 11 is 0. The van der Waals surface area contributed by atoms with Crippen LogP contribution in [0, 0.1) is 10.1 Å². The number of hydrogen-bond acceptors (Lipinski definition) is 7. The zero-order valence-electron chi connectivity index (χ0n) is 11.7. The summed E-state index contributed by atoms with van der Waals surface area (Å²) in [7, 11) is 1.65. The van der Waals surface area contributed by atoms with Gasteiger partial charge in [-0.1, -0.05) is 6.92 Å². The minimum atomic E-state index is -0.445. The first-order valence-corrected chi connectivity index (χ1v) is 6.68. The summed E-state index contributed by atoms with van der Waals surface area (Å²) in [4.78, 5) is 20.8. The van der Waals surface area contributed by atoms with Gasteiger partial charge in [0.2, 0.25) is 11.8 Å². The normalized spacial score (nSPS) is 18.3. The molecule has 0 amide bonds. The standard InChI is InChI=1S/C12H19N5O3/c1-3-5-13-12-14-7-10(17(18)19)11(15-12)16-6-4-9(8-16)20-2/h7,9H,3-6,8H2,1-2H3,(H,13,14,15). The maximum atomic E-state index is 11.1. The van der Waals surface area contributed by atoms with Crippen molar-refractivity contribution in [2.24, 2.45) is 0 Å². The molecule has 0 radical (unpaired) electrons. The Hall–Kier alpha value is -1.96. The first-order valence-electron chi connectivity index (χ1n) is 6.68. The summed E-state index contributed by atoms with van der Waals surface area (Å²) in [6.07, 6.45) is 3.14. The molecular weight excluding hydrogens is 262 g/mol. The summed E-state index contributed by atoms with van der Waals surface area (Å²) in [5.41, 5.74) is -0.0659. The van der Waals surface area contributed by atoms with Crippen LogP contribution in [0.1, 0.15) is 19.8 Å². The molecule has 8 heteroatoms. The first kappa shape index (κ1) is 14.4. The number of nitro groups is 1. The fourth-order valence-corrected chi connectivity index (χ4v) is 2.16. The minimum Gasteiger partial charge on any atom is -0.380 e. The number of hydrogen-bond donors (Lipinski definition) is 1. The molecular formula is C12H19N5O3. The van der Waals surface area contributed by atoms with Crippen LogP contribution in [0.4, 0.5) is 17.5 Å². The second-order valence-corrected chi connectivity index (χ2v) is 4.68. The van der Waals surface area contributed by atoms with Gasteiger partial charge in [0.05, 0.1) is 11.0 Å². The molecule has 1 saturated heterocycles. The minimum absolute atomic E-state index is 0.0659. The molecule has 2 rings (SSSR count). The summed E-state index contributed by atoms with van der Waals surface area (Å²) in [6.45, 7) is 4.08. The average molecular weight is 281 g/mol. The molecule has 1 unspecified atom stereocenters. The van der Waals surface area contributed by atoms with E-state index in [1.165, 1.54) is 6.20 Å². The highest BCUT2D eigenvalue weighted by Crippen LogP contribution is 2.29. The van der Waals surface area contributed by atoms with Gasteiger partial charge in [-0.15, -0.1) is 0 Å². The van der Waals surface area contributed by atoms with Crippen molar-refractivity contribution >= 4 is 17.5 Å². The Morgan fingerprint density at radius 1 is 1.65 bits per heavy atom. The highest BCUT2D eigenvalue weighted by atomic mass is 16.6. The van der Waals surface area contributed by atoms with Crippen molar-refractivity contribution in [3.8, 4) is 0 Å². The van der Waals surface area contributed by atoms with Gasteiger partial charge < -0.3 is 15.0 Å². The second kappa shape index (κ2) is 6.47. The average Bonchev–Trinajstić information content (AvgIpc) is 2.93. The molecule has 0 aromatic carbocycles. The number of rotatable bonds is 6. The molecule has 0 aliphatic carbocycles. The van der Waals surface area contributed by atoms with Crippen LogP contribution in [0.5, 0.6) is 0 Å². The molecule has 110 valence electrons. The number of aromatic nitrogens is 2. The third kappa shape index (κ3) is 3.13. The Kier molecular flexibility index (Phi) is 4.67. The van der Waals surface area contributed by atoms with Gasteiger partial charge in [-0.25, -0.2) is 4.98 Å². The fraction of sp³-hybridized carbons (Fsp3) is 0.667. The molecule has 1 atom stereocenters. The van der Waals surface area contributed by atoms with Crippen molar-refractivity contribution in [1.82, 2.24) is 9.97 Å². The van der Waals surface area contributed by atoms with Crippen LogP contribution >= 0.6 is 0 Å². The maximum Gasteiger partial charge on any atom is 0.329 e. The van der Waals surface area contributed by atoms with Gasteiger partial charge in [0, 0.05) is 26.7 Å². The van der Waals surface area contributed by atoms with Crippen molar-refractivity contribution in [2.45, 2.75) is 25.9 Å². The predicted molar refractivity (Wildman–Crippen MR) is 75.1 cm³/mol. The largest absolute Gasteiger partial charge is 0.380 e. The van der Waals surface area contributed by atoms with Crippen LogP contribution in [0.15, 0.2) is 6.20 Å². The lowest BCUT2D eigenvalue weighted by atomic mass is 10.3. The first-order chi connectivity index (χ1) is 9.65. The highest BCUT2D eigenvalue weighted by Gasteiger charge is 2.29. The Labute approximate surface area is 117 Å². The molecule has 0 saturated carbocycles. The number of anilines is 2. The second-order valence-electron chi connectivity index (χ2n) is 4.68. The molecule has 1 aromatic rings. The zero-order chi connectivity index (χ0) is 14.5. The number of ether oxygens (including phenoxy) is 1. The topological polar surface area (TPSA) is 93.4 Å². The number of nitrogens with zero attached hydrogens (tertiary/aromatic N) is 4. The van der Waals surface area contributed by atoms with E-state index in [-0.39, 0.29) is 11.8 Å². The quantitative estimate of drug-likeness (QED) is 0.622. The highest BCUT2D eigenvalue weighted by molar-refractivity contribution is 5.59. The van der Waals surface area contributed by atoms with Crippen LogP contribution in [0.25, 0.3) is 0 Å². The summed E-state index contributed by atoms with van der Waals surface area (Å²) in [5.74, 6) is 0.788. The molecule has 1 N–H and O–H groups in total. The zero-order valence-corrected chi connectivity index (χ0v) is 11.7. The van der Waals surface area contributed by atoms with E-state index >= 15 is 0 Å². The van der Waals surface area contributed by atoms with Crippen LogP contribution in [0.3, 0.4) is 0 Å². The van der Waals surface area contributed by atoms with Crippen LogP contribution in [0.2, 0.25) is 0 Å². The SMILES string of the molecule is CCCNc1ncc([N+](=O)[O-])c(N2CCC(OC)C2)n1. The van der Waals surface area contributed by atoms with E-state index in [0.717, 1.165) is 19.4 Å². The Balaban J connectivity index is 2.25.